The molecule has 2 aliphatic rings. The maximum Gasteiger partial charge on any atom is 0.321 e. The molecule has 0 spiro atoms. The number of carboxylic acid groups (broad SMARTS) is 1. The Morgan fingerprint density at radius 2 is 1.94 bits per heavy atom. The summed E-state index contributed by atoms with van der Waals surface area (Å²) in [5.41, 5.74) is 2.56. The molecule has 1 fully saturated rings. The van der Waals surface area contributed by atoms with Gasteiger partial charge in [-0.05, 0) is 23.5 Å². The Labute approximate surface area is 107 Å². The van der Waals surface area contributed by atoms with Crippen molar-refractivity contribution in [1.29, 1.82) is 0 Å². The van der Waals surface area contributed by atoms with Crippen molar-refractivity contribution < 1.29 is 9.90 Å². The highest BCUT2D eigenvalue weighted by atomic mass is 16.4. The summed E-state index contributed by atoms with van der Waals surface area (Å²) in [5, 5.41) is 9.53. The van der Waals surface area contributed by atoms with Gasteiger partial charge in [-0.3, -0.25) is 9.69 Å². The summed E-state index contributed by atoms with van der Waals surface area (Å²) in [4.78, 5) is 13.8. The van der Waals surface area contributed by atoms with Crippen molar-refractivity contribution in [1.82, 2.24) is 4.90 Å². The van der Waals surface area contributed by atoms with E-state index in [-0.39, 0.29) is 12.0 Å². The molecule has 4 atom stereocenters. The highest BCUT2D eigenvalue weighted by Crippen LogP contribution is 2.46. The normalized spacial score (nSPS) is 35.0. The van der Waals surface area contributed by atoms with Crippen LogP contribution in [0.4, 0.5) is 0 Å². The first-order valence-electron chi connectivity index (χ1n) is 6.67. The van der Waals surface area contributed by atoms with Crippen LogP contribution in [0.15, 0.2) is 24.3 Å². The Hall–Kier alpha value is -1.35. The molecule has 0 radical (unpaired) electrons. The van der Waals surface area contributed by atoms with Crippen LogP contribution in [0.3, 0.4) is 0 Å². The largest absolute Gasteiger partial charge is 0.480 e. The quantitative estimate of drug-likeness (QED) is 0.827. The van der Waals surface area contributed by atoms with Gasteiger partial charge >= 0.3 is 5.97 Å². The summed E-state index contributed by atoms with van der Waals surface area (Å²) >= 11 is 0. The molecule has 2 heterocycles. The van der Waals surface area contributed by atoms with E-state index in [2.05, 4.69) is 30.0 Å². The van der Waals surface area contributed by atoms with Crippen LogP contribution >= 0.6 is 0 Å². The van der Waals surface area contributed by atoms with Gasteiger partial charge in [-0.25, -0.2) is 0 Å². The minimum atomic E-state index is -0.684. The van der Waals surface area contributed by atoms with Crippen LogP contribution in [-0.4, -0.2) is 28.6 Å². The molecule has 0 amide bonds. The first-order valence-corrected chi connectivity index (χ1v) is 6.67. The molecule has 0 bridgehead atoms. The minimum absolute atomic E-state index is 0.0697. The topological polar surface area (TPSA) is 40.5 Å². The molecule has 18 heavy (non-hydrogen) atoms. The van der Waals surface area contributed by atoms with E-state index < -0.39 is 5.97 Å². The number of nitrogens with zero attached hydrogens (tertiary/aromatic N) is 1. The predicted molar refractivity (Wildman–Crippen MR) is 69.5 cm³/mol. The van der Waals surface area contributed by atoms with Crippen LogP contribution < -0.4 is 0 Å². The van der Waals surface area contributed by atoms with Gasteiger partial charge in [-0.2, -0.15) is 0 Å². The molecule has 96 valence electrons. The third-order valence-corrected chi connectivity index (χ3v) is 4.48. The van der Waals surface area contributed by atoms with Gasteiger partial charge in [0.2, 0.25) is 0 Å². The van der Waals surface area contributed by atoms with Crippen LogP contribution in [0.1, 0.15) is 43.4 Å². The number of hydrogen-bond acceptors (Lipinski definition) is 2. The molecule has 0 aromatic heterocycles. The summed E-state index contributed by atoms with van der Waals surface area (Å²) in [6.07, 6.45) is 1.08. The Balaban J connectivity index is 2.11. The lowest BCUT2D eigenvalue weighted by atomic mass is 9.81. The highest BCUT2D eigenvalue weighted by molar-refractivity contribution is 5.76. The Morgan fingerprint density at radius 3 is 2.61 bits per heavy atom. The average Bonchev–Trinajstić information content (AvgIpc) is 2.70. The van der Waals surface area contributed by atoms with Crippen molar-refractivity contribution in [3.05, 3.63) is 35.4 Å². The standard InChI is InChI=1S/C15H19NO2/c1-9-7-13-12-6-4-3-5-11(12)10(2)14(15(17)18)16(13)8-9/h3-6,9-10,13-14H,7-8H2,1-2H3,(H,17,18)/t9-,10?,13+,14-/m0/s1. The SMILES string of the molecule is CC1c2ccccc2[C@H]2C[C@H](C)CN2[C@@H]1C(=O)O. The third kappa shape index (κ3) is 1.57. The fraction of sp³-hybridized carbons (Fsp3) is 0.533. The van der Waals surface area contributed by atoms with Crippen molar-refractivity contribution in [2.45, 2.75) is 38.3 Å². The molecule has 0 saturated carbocycles. The number of carbonyl (C=O) groups is 1. The van der Waals surface area contributed by atoms with E-state index in [1.165, 1.54) is 11.1 Å². The van der Waals surface area contributed by atoms with Crippen LogP contribution in [0.2, 0.25) is 0 Å². The van der Waals surface area contributed by atoms with Gasteiger partial charge in [0.05, 0.1) is 0 Å². The molecule has 3 rings (SSSR count). The first kappa shape index (κ1) is 11.7. The van der Waals surface area contributed by atoms with Gasteiger partial charge in [0.15, 0.2) is 0 Å². The average molecular weight is 245 g/mol. The number of benzene rings is 1. The number of aliphatic carboxylic acids is 1. The van der Waals surface area contributed by atoms with Crippen LogP contribution in [0.5, 0.6) is 0 Å². The Morgan fingerprint density at radius 1 is 1.28 bits per heavy atom. The van der Waals surface area contributed by atoms with E-state index in [0.717, 1.165) is 13.0 Å². The molecule has 1 saturated heterocycles. The number of hydrogen-bond donors (Lipinski definition) is 1. The summed E-state index contributed by atoms with van der Waals surface area (Å²) in [7, 11) is 0. The lowest BCUT2D eigenvalue weighted by molar-refractivity contribution is -0.145. The Bertz CT molecular complexity index is 485. The van der Waals surface area contributed by atoms with Crippen molar-refractivity contribution in [2.24, 2.45) is 5.92 Å². The molecule has 3 nitrogen and oxygen atoms in total. The summed E-state index contributed by atoms with van der Waals surface area (Å²) in [5.74, 6) is -0.0356. The summed E-state index contributed by atoms with van der Waals surface area (Å²) < 4.78 is 0. The van der Waals surface area contributed by atoms with E-state index in [1.54, 1.807) is 0 Å². The van der Waals surface area contributed by atoms with Gasteiger partial charge in [-0.1, -0.05) is 38.1 Å². The van der Waals surface area contributed by atoms with Crippen molar-refractivity contribution in [3.8, 4) is 0 Å². The van der Waals surface area contributed by atoms with Crippen molar-refractivity contribution in [2.75, 3.05) is 6.54 Å². The van der Waals surface area contributed by atoms with Crippen LogP contribution in [-0.2, 0) is 4.79 Å². The summed E-state index contributed by atoms with van der Waals surface area (Å²) in [6.45, 7) is 5.15. The number of carboxylic acids is 1. The number of fused-ring (bicyclic) bond motifs is 3. The second kappa shape index (κ2) is 4.09. The zero-order chi connectivity index (χ0) is 12.9. The first-order chi connectivity index (χ1) is 8.59. The molecule has 1 unspecified atom stereocenters. The second-order valence-corrected chi connectivity index (χ2v) is 5.75. The van der Waals surface area contributed by atoms with Gasteiger partial charge in [-0.15, -0.1) is 0 Å². The van der Waals surface area contributed by atoms with Gasteiger partial charge in [0.25, 0.3) is 0 Å². The van der Waals surface area contributed by atoms with E-state index in [9.17, 15) is 9.90 Å². The van der Waals surface area contributed by atoms with Crippen molar-refractivity contribution >= 4 is 5.97 Å². The van der Waals surface area contributed by atoms with E-state index in [0.29, 0.717) is 12.0 Å². The molecule has 1 aromatic carbocycles. The molecule has 2 aliphatic heterocycles. The smallest absolute Gasteiger partial charge is 0.321 e. The van der Waals surface area contributed by atoms with E-state index >= 15 is 0 Å². The zero-order valence-corrected chi connectivity index (χ0v) is 10.8. The van der Waals surface area contributed by atoms with Gasteiger partial charge in [0.1, 0.15) is 6.04 Å². The molecule has 0 aliphatic carbocycles. The van der Waals surface area contributed by atoms with Gasteiger partial charge in [0, 0.05) is 18.5 Å². The predicted octanol–water partition coefficient (Wildman–Crippen LogP) is 2.64. The molecular weight excluding hydrogens is 226 g/mol. The fourth-order valence-corrected chi connectivity index (χ4v) is 3.73. The van der Waals surface area contributed by atoms with E-state index in [1.807, 2.05) is 13.0 Å². The third-order valence-electron chi connectivity index (χ3n) is 4.48. The molecule has 3 heteroatoms. The monoisotopic (exact) mass is 245 g/mol. The number of rotatable bonds is 1. The van der Waals surface area contributed by atoms with Crippen LogP contribution in [0, 0.1) is 5.92 Å². The highest BCUT2D eigenvalue weighted by Gasteiger charge is 2.46. The maximum absolute atomic E-state index is 11.6. The maximum atomic E-state index is 11.6. The zero-order valence-electron chi connectivity index (χ0n) is 10.8. The van der Waals surface area contributed by atoms with Crippen molar-refractivity contribution in [3.63, 3.8) is 0 Å². The Kier molecular flexibility index (Phi) is 2.67. The fourth-order valence-electron chi connectivity index (χ4n) is 3.73. The summed E-state index contributed by atoms with van der Waals surface area (Å²) in [6, 6.07) is 8.27. The molecule has 1 N–H and O–H groups in total. The molecular formula is C15H19NO2. The van der Waals surface area contributed by atoms with Crippen LogP contribution in [0.25, 0.3) is 0 Å². The lowest BCUT2D eigenvalue weighted by Crippen LogP contribution is -2.47. The lowest BCUT2D eigenvalue weighted by Gasteiger charge is -2.40. The minimum Gasteiger partial charge on any atom is -0.480 e. The second-order valence-electron chi connectivity index (χ2n) is 5.75. The van der Waals surface area contributed by atoms with Gasteiger partial charge < -0.3 is 5.11 Å². The van der Waals surface area contributed by atoms with E-state index in [4.69, 9.17) is 0 Å². The molecule has 1 aromatic rings.